The van der Waals surface area contributed by atoms with E-state index < -0.39 is 0 Å². The van der Waals surface area contributed by atoms with Gasteiger partial charge in [-0.25, -0.2) is 4.98 Å². The molecule has 2 heterocycles. The van der Waals surface area contributed by atoms with Crippen molar-refractivity contribution < 1.29 is 4.79 Å². The predicted octanol–water partition coefficient (Wildman–Crippen LogP) is 3.00. The number of carbonyl (C=O) groups is 1. The molecule has 1 aromatic carbocycles. The third kappa shape index (κ3) is 2.41. The molecular weight excluding hydrogens is 292 g/mol. The Bertz CT molecular complexity index is 778. The Balaban J connectivity index is 1.88. The van der Waals surface area contributed by atoms with Gasteiger partial charge in [0.1, 0.15) is 5.69 Å². The van der Waals surface area contributed by atoms with Crippen LogP contribution in [-0.4, -0.2) is 26.9 Å². The quantitative estimate of drug-likeness (QED) is 0.756. The van der Waals surface area contributed by atoms with E-state index in [1.807, 2.05) is 18.4 Å². The van der Waals surface area contributed by atoms with Crippen LogP contribution in [0.3, 0.4) is 0 Å². The molecule has 0 atom stereocenters. The minimum atomic E-state index is -0.200. The Kier molecular flexibility index (Phi) is 3.45. The number of amides is 1. The Morgan fingerprint density at radius 1 is 1.40 bits per heavy atom. The lowest BCUT2D eigenvalue weighted by Crippen LogP contribution is -2.15. The molecular formula is C13H12N4OS2. The van der Waals surface area contributed by atoms with Crippen LogP contribution < -0.4 is 5.32 Å². The van der Waals surface area contributed by atoms with Gasteiger partial charge >= 0.3 is 0 Å². The molecule has 102 valence electrons. The van der Waals surface area contributed by atoms with Crippen molar-refractivity contribution in [2.24, 2.45) is 7.05 Å². The number of aromatic nitrogens is 3. The number of thiazole rings is 1. The first-order valence-corrected chi connectivity index (χ1v) is 7.95. The molecule has 1 amide bonds. The van der Waals surface area contributed by atoms with Crippen LogP contribution in [0.2, 0.25) is 0 Å². The van der Waals surface area contributed by atoms with Crippen LogP contribution in [0.4, 0.5) is 5.13 Å². The molecule has 0 aliphatic carbocycles. The van der Waals surface area contributed by atoms with Crippen LogP contribution >= 0.6 is 23.1 Å². The van der Waals surface area contributed by atoms with Gasteiger partial charge in [-0.2, -0.15) is 5.10 Å². The summed E-state index contributed by atoms with van der Waals surface area (Å²) in [5.74, 6) is -0.200. The van der Waals surface area contributed by atoms with Gasteiger partial charge in [0.25, 0.3) is 5.91 Å². The van der Waals surface area contributed by atoms with E-state index >= 15 is 0 Å². The maximum Gasteiger partial charge on any atom is 0.275 e. The highest BCUT2D eigenvalue weighted by atomic mass is 32.2. The fourth-order valence-electron chi connectivity index (χ4n) is 1.84. The van der Waals surface area contributed by atoms with Crippen LogP contribution in [0.1, 0.15) is 10.5 Å². The van der Waals surface area contributed by atoms with Gasteiger partial charge < -0.3 is 0 Å². The summed E-state index contributed by atoms with van der Waals surface area (Å²) in [4.78, 5) is 17.7. The van der Waals surface area contributed by atoms with Crippen LogP contribution in [-0.2, 0) is 7.05 Å². The first-order valence-electron chi connectivity index (χ1n) is 5.91. The second-order valence-corrected chi connectivity index (χ2v) is 6.06. The lowest BCUT2D eigenvalue weighted by atomic mass is 10.3. The van der Waals surface area contributed by atoms with Gasteiger partial charge in [-0.05, 0) is 30.5 Å². The molecule has 0 unspecified atom stereocenters. The lowest BCUT2D eigenvalue weighted by Gasteiger charge is -2.00. The molecule has 0 saturated heterocycles. The van der Waals surface area contributed by atoms with Gasteiger partial charge in [0, 0.05) is 18.1 Å². The van der Waals surface area contributed by atoms with Crippen molar-refractivity contribution in [2.45, 2.75) is 4.90 Å². The third-order valence-corrected chi connectivity index (χ3v) is 4.53. The number of nitrogens with one attached hydrogen (secondary N) is 1. The van der Waals surface area contributed by atoms with Crippen molar-refractivity contribution in [3.8, 4) is 0 Å². The molecule has 3 aromatic rings. The summed E-state index contributed by atoms with van der Waals surface area (Å²) in [6.45, 7) is 0. The van der Waals surface area contributed by atoms with Crippen molar-refractivity contribution >= 4 is 44.4 Å². The second kappa shape index (κ2) is 5.26. The molecule has 2 aromatic heterocycles. The Labute approximate surface area is 124 Å². The molecule has 5 nitrogen and oxygen atoms in total. The van der Waals surface area contributed by atoms with Gasteiger partial charge in [-0.15, -0.1) is 11.8 Å². The number of fused-ring (bicyclic) bond motifs is 1. The van der Waals surface area contributed by atoms with Crippen LogP contribution in [0.25, 0.3) is 10.2 Å². The summed E-state index contributed by atoms with van der Waals surface area (Å²) in [6, 6.07) is 7.75. The van der Waals surface area contributed by atoms with Gasteiger partial charge in [0.2, 0.25) is 0 Å². The number of benzene rings is 1. The fourth-order valence-corrected chi connectivity index (χ4v) is 3.26. The summed E-state index contributed by atoms with van der Waals surface area (Å²) in [5, 5.41) is 7.40. The highest BCUT2D eigenvalue weighted by Gasteiger charge is 2.12. The van der Waals surface area contributed by atoms with Crippen molar-refractivity contribution in [1.29, 1.82) is 0 Å². The summed E-state index contributed by atoms with van der Waals surface area (Å²) < 4.78 is 2.60. The molecule has 0 fully saturated rings. The topological polar surface area (TPSA) is 59.8 Å². The van der Waals surface area contributed by atoms with Crippen LogP contribution in [0.5, 0.6) is 0 Å². The number of hydrogen-bond acceptors (Lipinski definition) is 5. The molecule has 0 radical (unpaired) electrons. The number of nitrogens with zero attached hydrogens (tertiary/aromatic N) is 3. The molecule has 20 heavy (non-hydrogen) atoms. The van der Waals surface area contributed by atoms with Crippen molar-refractivity contribution in [1.82, 2.24) is 14.8 Å². The molecule has 0 saturated carbocycles. The third-order valence-electron chi connectivity index (χ3n) is 2.87. The van der Waals surface area contributed by atoms with E-state index in [1.54, 1.807) is 31.1 Å². The maximum atomic E-state index is 12.1. The van der Waals surface area contributed by atoms with Gasteiger partial charge in [0.05, 0.1) is 10.2 Å². The van der Waals surface area contributed by atoms with Crippen LogP contribution in [0, 0.1) is 0 Å². The van der Waals surface area contributed by atoms with E-state index in [4.69, 9.17) is 0 Å². The monoisotopic (exact) mass is 304 g/mol. The lowest BCUT2D eigenvalue weighted by molar-refractivity contribution is 0.101. The van der Waals surface area contributed by atoms with E-state index in [1.165, 1.54) is 20.9 Å². The predicted molar refractivity (Wildman–Crippen MR) is 82.6 cm³/mol. The van der Waals surface area contributed by atoms with E-state index in [9.17, 15) is 4.79 Å². The fraction of sp³-hybridized carbons (Fsp3) is 0.154. The van der Waals surface area contributed by atoms with Crippen molar-refractivity contribution in [3.05, 3.63) is 36.2 Å². The van der Waals surface area contributed by atoms with E-state index in [0.717, 1.165) is 10.2 Å². The Hall–Kier alpha value is -1.86. The summed E-state index contributed by atoms with van der Waals surface area (Å²) in [6.07, 6.45) is 3.63. The summed E-state index contributed by atoms with van der Waals surface area (Å²) in [5.41, 5.74) is 1.40. The molecule has 0 bridgehead atoms. The maximum absolute atomic E-state index is 12.1. The normalized spacial score (nSPS) is 10.9. The molecule has 0 aliphatic heterocycles. The zero-order chi connectivity index (χ0) is 14.1. The minimum Gasteiger partial charge on any atom is -0.296 e. The summed E-state index contributed by atoms with van der Waals surface area (Å²) in [7, 11) is 1.73. The van der Waals surface area contributed by atoms with E-state index in [0.29, 0.717) is 10.8 Å². The smallest absolute Gasteiger partial charge is 0.275 e. The minimum absolute atomic E-state index is 0.200. The molecule has 0 spiro atoms. The van der Waals surface area contributed by atoms with Gasteiger partial charge in [-0.3, -0.25) is 14.8 Å². The van der Waals surface area contributed by atoms with Gasteiger partial charge in [-0.1, -0.05) is 11.3 Å². The highest BCUT2D eigenvalue weighted by molar-refractivity contribution is 7.98. The average Bonchev–Trinajstić information content (AvgIpc) is 3.03. The Morgan fingerprint density at radius 2 is 2.25 bits per heavy atom. The SMILES string of the molecule is CSc1ccc2nc(NC(=O)c3ccnn3C)sc2c1. The molecule has 0 aliphatic rings. The number of anilines is 1. The highest BCUT2D eigenvalue weighted by Crippen LogP contribution is 2.29. The molecule has 1 N–H and O–H groups in total. The molecule has 3 rings (SSSR count). The molecule has 7 heteroatoms. The average molecular weight is 304 g/mol. The van der Waals surface area contributed by atoms with E-state index in [-0.39, 0.29) is 5.91 Å². The zero-order valence-electron chi connectivity index (χ0n) is 11.0. The number of aryl methyl sites for hydroxylation is 1. The second-order valence-electron chi connectivity index (χ2n) is 4.15. The summed E-state index contributed by atoms with van der Waals surface area (Å²) >= 11 is 3.16. The van der Waals surface area contributed by atoms with Gasteiger partial charge in [0.15, 0.2) is 5.13 Å². The number of rotatable bonds is 3. The largest absolute Gasteiger partial charge is 0.296 e. The standard InChI is InChI=1S/C13H12N4OS2/c1-17-10(5-6-14-17)12(18)16-13-15-9-4-3-8(19-2)7-11(9)20-13/h3-7H,1-2H3,(H,15,16,18). The van der Waals surface area contributed by atoms with Crippen molar-refractivity contribution in [2.75, 3.05) is 11.6 Å². The van der Waals surface area contributed by atoms with Crippen molar-refractivity contribution in [3.63, 3.8) is 0 Å². The first kappa shape index (κ1) is 13.1. The first-order chi connectivity index (χ1) is 9.67. The Morgan fingerprint density at radius 3 is 2.95 bits per heavy atom. The number of thioether (sulfide) groups is 1. The van der Waals surface area contributed by atoms with E-state index in [2.05, 4.69) is 21.5 Å². The zero-order valence-corrected chi connectivity index (χ0v) is 12.6. The number of carbonyl (C=O) groups excluding carboxylic acids is 1. The van der Waals surface area contributed by atoms with Crippen LogP contribution in [0.15, 0.2) is 35.4 Å². The number of hydrogen-bond donors (Lipinski definition) is 1.